The van der Waals surface area contributed by atoms with Crippen molar-refractivity contribution in [3.05, 3.63) is 39.3 Å². The molecule has 2 aromatic rings. The van der Waals surface area contributed by atoms with Gasteiger partial charge in [-0.1, -0.05) is 11.8 Å². The number of nitrogens with one attached hydrogen (secondary N) is 1. The van der Waals surface area contributed by atoms with E-state index in [2.05, 4.69) is 22.3 Å². The first-order valence-electron chi connectivity index (χ1n) is 6.57. The predicted molar refractivity (Wildman–Crippen MR) is 82.3 cm³/mol. The molecule has 0 atom stereocenters. The summed E-state index contributed by atoms with van der Waals surface area (Å²) in [4.78, 5) is 13.5. The van der Waals surface area contributed by atoms with Gasteiger partial charge in [0, 0.05) is 12.7 Å². The lowest BCUT2D eigenvalue weighted by Crippen LogP contribution is -2.26. The minimum Gasteiger partial charge on any atom is -0.384 e. The van der Waals surface area contributed by atoms with Crippen LogP contribution in [0.5, 0.6) is 0 Å². The van der Waals surface area contributed by atoms with Gasteiger partial charge in [-0.2, -0.15) is 5.10 Å². The van der Waals surface area contributed by atoms with Crippen molar-refractivity contribution in [3.63, 3.8) is 0 Å². The number of aliphatic hydroxyl groups excluding tert-OH is 1. The zero-order chi connectivity index (χ0) is 15.2. The van der Waals surface area contributed by atoms with Gasteiger partial charge in [-0.25, -0.2) is 0 Å². The summed E-state index contributed by atoms with van der Waals surface area (Å²) in [5.74, 6) is 5.34. The van der Waals surface area contributed by atoms with Gasteiger partial charge in [-0.15, -0.1) is 11.3 Å². The minimum atomic E-state index is -0.178. The van der Waals surface area contributed by atoms with Crippen molar-refractivity contribution < 1.29 is 9.90 Å². The number of amides is 1. The quantitative estimate of drug-likeness (QED) is 0.838. The van der Waals surface area contributed by atoms with E-state index >= 15 is 0 Å². The Labute approximate surface area is 127 Å². The maximum absolute atomic E-state index is 12.1. The van der Waals surface area contributed by atoms with Crippen LogP contribution < -0.4 is 5.32 Å². The monoisotopic (exact) mass is 303 g/mol. The minimum absolute atomic E-state index is 0.107. The molecular weight excluding hydrogens is 286 g/mol. The number of thiophene rings is 1. The molecule has 0 fully saturated rings. The molecular formula is C15H17N3O2S. The van der Waals surface area contributed by atoms with Gasteiger partial charge in [0.1, 0.15) is 6.61 Å². The van der Waals surface area contributed by atoms with Crippen LogP contribution in [0.1, 0.15) is 25.7 Å². The standard InChI is InChI=1S/C15H17N3O2S/c1-11-9-17-18(10-11)6-5-16-15(20)14-8-12(2)13(21-14)4-3-7-19/h8-10,19H,5-7H2,1-2H3,(H,16,20). The fraction of sp³-hybridized carbons (Fsp3) is 0.333. The number of hydrogen-bond donors (Lipinski definition) is 2. The van der Waals surface area contributed by atoms with Crippen LogP contribution in [0.15, 0.2) is 18.5 Å². The summed E-state index contributed by atoms with van der Waals surface area (Å²) >= 11 is 1.34. The van der Waals surface area contributed by atoms with Crippen LogP contribution in [0, 0.1) is 25.7 Å². The van der Waals surface area contributed by atoms with Crippen molar-refractivity contribution in [1.82, 2.24) is 15.1 Å². The molecule has 0 saturated carbocycles. The van der Waals surface area contributed by atoms with Gasteiger partial charge in [-0.05, 0) is 31.0 Å². The van der Waals surface area contributed by atoms with Crippen molar-refractivity contribution in [2.45, 2.75) is 20.4 Å². The molecule has 0 bridgehead atoms. The third-order valence-electron chi connectivity index (χ3n) is 2.81. The van der Waals surface area contributed by atoms with Crippen molar-refractivity contribution in [2.75, 3.05) is 13.2 Å². The molecule has 2 aromatic heterocycles. The summed E-state index contributed by atoms with van der Waals surface area (Å²) in [5, 5.41) is 15.7. The van der Waals surface area contributed by atoms with Crippen molar-refractivity contribution in [3.8, 4) is 11.8 Å². The highest BCUT2D eigenvalue weighted by Crippen LogP contribution is 2.20. The molecule has 2 rings (SSSR count). The van der Waals surface area contributed by atoms with Gasteiger partial charge < -0.3 is 10.4 Å². The van der Waals surface area contributed by atoms with Gasteiger partial charge in [-0.3, -0.25) is 9.48 Å². The van der Waals surface area contributed by atoms with Crippen LogP contribution >= 0.6 is 11.3 Å². The zero-order valence-electron chi connectivity index (χ0n) is 12.0. The molecule has 21 heavy (non-hydrogen) atoms. The van der Waals surface area contributed by atoms with E-state index in [1.165, 1.54) is 11.3 Å². The van der Waals surface area contributed by atoms with Crippen LogP contribution in [0.2, 0.25) is 0 Å². The van der Waals surface area contributed by atoms with E-state index in [-0.39, 0.29) is 12.5 Å². The van der Waals surface area contributed by atoms with Crippen LogP contribution in [-0.4, -0.2) is 33.9 Å². The topological polar surface area (TPSA) is 67.2 Å². The fourth-order valence-electron chi connectivity index (χ4n) is 1.80. The number of aromatic nitrogens is 2. The van der Waals surface area contributed by atoms with Gasteiger partial charge in [0.25, 0.3) is 5.91 Å². The Morgan fingerprint density at radius 3 is 3.00 bits per heavy atom. The van der Waals surface area contributed by atoms with Crippen LogP contribution in [0.25, 0.3) is 0 Å². The largest absolute Gasteiger partial charge is 0.384 e. The van der Waals surface area contributed by atoms with Gasteiger partial charge in [0.15, 0.2) is 0 Å². The molecule has 0 aliphatic rings. The molecule has 0 aliphatic heterocycles. The van der Waals surface area contributed by atoms with Crippen molar-refractivity contribution in [1.29, 1.82) is 0 Å². The summed E-state index contributed by atoms with van der Waals surface area (Å²) in [5.41, 5.74) is 2.05. The molecule has 2 heterocycles. The maximum atomic E-state index is 12.1. The third kappa shape index (κ3) is 4.18. The molecule has 2 N–H and O–H groups in total. The molecule has 0 radical (unpaired) electrons. The summed E-state index contributed by atoms with van der Waals surface area (Å²) < 4.78 is 1.80. The average Bonchev–Trinajstić information content (AvgIpc) is 3.03. The Kier molecular flexibility index (Phi) is 5.14. The molecule has 5 nitrogen and oxygen atoms in total. The Morgan fingerprint density at radius 1 is 1.52 bits per heavy atom. The number of aliphatic hydroxyl groups is 1. The molecule has 0 spiro atoms. The van der Waals surface area contributed by atoms with E-state index in [0.29, 0.717) is 18.0 Å². The summed E-state index contributed by atoms with van der Waals surface area (Å²) in [6.45, 7) is 4.87. The number of hydrogen-bond acceptors (Lipinski definition) is 4. The summed E-state index contributed by atoms with van der Waals surface area (Å²) in [6, 6.07) is 1.82. The number of carbonyl (C=O) groups excluding carboxylic acids is 1. The Hall–Kier alpha value is -2.10. The van der Waals surface area contributed by atoms with Gasteiger partial charge >= 0.3 is 0 Å². The first-order valence-corrected chi connectivity index (χ1v) is 7.39. The predicted octanol–water partition coefficient (Wildman–Crippen LogP) is 1.34. The van der Waals surface area contributed by atoms with Crippen molar-refractivity contribution in [2.24, 2.45) is 0 Å². The average molecular weight is 303 g/mol. The molecule has 0 saturated heterocycles. The zero-order valence-corrected chi connectivity index (χ0v) is 12.8. The molecule has 0 aromatic carbocycles. The first kappa shape index (κ1) is 15.3. The van der Waals surface area contributed by atoms with E-state index in [0.717, 1.165) is 16.0 Å². The highest BCUT2D eigenvalue weighted by molar-refractivity contribution is 7.14. The highest BCUT2D eigenvalue weighted by atomic mass is 32.1. The lowest BCUT2D eigenvalue weighted by atomic mass is 10.2. The lowest BCUT2D eigenvalue weighted by Gasteiger charge is -2.03. The van der Waals surface area contributed by atoms with E-state index in [4.69, 9.17) is 5.11 Å². The van der Waals surface area contributed by atoms with E-state index < -0.39 is 0 Å². The van der Waals surface area contributed by atoms with Gasteiger partial charge in [0.05, 0.1) is 22.5 Å². The molecule has 0 aliphatic carbocycles. The molecule has 6 heteroatoms. The van der Waals surface area contributed by atoms with E-state index in [1.807, 2.05) is 26.1 Å². The Balaban J connectivity index is 1.91. The first-order chi connectivity index (χ1) is 10.1. The van der Waals surface area contributed by atoms with Crippen LogP contribution in [-0.2, 0) is 6.54 Å². The van der Waals surface area contributed by atoms with Gasteiger partial charge in [0.2, 0.25) is 0 Å². The van der Waals surface area contributed by atoms with Crippen molar-refractivity contribution >= 4 is 17.2 Å². The number of carbonyl (C=O) groups is 1. The molecule has 1 amide bonds. The SMILES string of the molecule is Cc1cnn(CCNC(=O)c2cc(C)c(C#CCO)s2)c1. The second-order valence-corrected chi connectivity index (χ2v) is 5.67. The Morgan fingerprint density at radius 2 is 2.33 bits per heavy atom. The smallest absolute Gasteiger partial charge is 0.261 e. The lowest BCUT2D eigenvalue weighted by molar-refractivity contribution is 0.0956. The number of nitrogens with zero attached hydrogens (tertiary/aromatic N) is 2. The normalized spacial score (nSPS) is 10.0. The maximum Gasteiger partial charge on any atom is 0.261 e. The van der Waals surface area contributed by atoms with E-state index in [9.17, 15) is 4.79 Å². The molecule has 110 valence electrons. The van der Waals surface area contributed by atoms with E-state index in [1.54, 1.807) is 10.9 Å². The number of rotatable bonds is 4. The van der Waals surface area contributed by atoms with Crippen LogP contribution in [0.4, 0.5) is 0 Å². The molecule has 0 unspecified atom stereocenters. The number of aryl methyl sites for hydroxylation is 2. The summed E-state index contributed by atoms with van der Waals surface area (Å²) in [6.07, 6.45) is 3.72. The fourth-order valence-corrected chi connectivity index (χ4v) is 2.76. The van der Waals surface area contributed by atoms with Crippen LogP contribution in [0.3, 0.4) is 0 Å². The second kappa shape index (κ2) is 7.07. The summed E-state index contributed by atoms with van der Waals surface area (Å²) in [7, 11) is 0. The highest BCUT2D eigenvalue weighted by Gasteiger charge is 2.11. The Bertz CT molecular complexity index is 691. The third-order valence-corrected chi connectivity index (χ3v) is 3.96. The second-order valence-electron chi connectivity index (χ2n) is 4.62.